The molecule has 1 unspecified atom stereocenters. The maximum Gasteiger partial charge on any atom is 0.321 e. The highest BCUT2D eigenvalue weighted by Crippen LogP contribution is 2.13. The second kappa shape index (κ2) is 4.41. The van der Waals surface area contributed by atoms with E-state index >= 15 is 0 Å². The van der Waals surface area contributed by atoms with Gasteiger partial charge in [-0.2, -0.15) is 4.98 Å². The van der Waals surface area contributed by atoms with E-state index in [0.717, 1.165) is 19.6 Å². The lowest BCUT2D eigenvalue weighted by atomic mass is 10.1. The number of rotatable bonds is 3. The van der Waals surface area contributed by atoms with Crippen molar-refractivity contribution in [3.63, 3.8) is 0 Å². The number of anilines is 1. The van der Waals surface area contributed by atoms with Crippen molar-refractivity contribution in [1.29, 1.82) is 0 Å². The van der Waals surface area contributed by atoms with Gasteiger partial charge in [-0.1, -0.05) is 5.16 Å². The largest absolute Gasteiger partial charge is 0.376 e. The van der Waals surface area contributed by atoms with E-state index in [1.165, 1.54) is 12.8 Å². The molecule has 1 aromatic heterocycles. The molecule has 1 aliphatic heterocycles. The van der Waals surface area contributed by atoms with Gasteiger partial charge in [-0.3, -0.25) is 0 Å². The van der Waals surface area contributed by atoms with E-state index in [4.69, 9.17) is 9.26 Å². The molecule has 1 atom stereocenters. The summed E-state index contributed by atoms with van der Waals surface area (Å²) in [5, 5.41) is 6.76. The SMILES string of the molecule is Cc1noc(NCC2CCCCO2)n1. The number of nitrogens with zero attached hydrogens (tertiary/aromatic N) is 2. The third kappa shape index (κ3) is 2.45. The van der Waals surface area contributed by atoms with Gasteiger partial charge >= 0.3 is 6.01 Å². The van der Waals surface area contributed by atoms with Gasteiger partial charge in [0.25, 0.3) is 0 Å². The smallest absolute Gasteiger partial charge is 0.321 e. The van der Waals surface area contributed by atoms with Crippen LogP contribution in [0.4, 0.5) is 6.01 Å². The standard InChI is InChI=1S/C9H15N3O2/c1-7-11-9(14-12-7)10-6-8-4-2-3-5-13-8/h8H,2-6H2,1H3,(H,10,11,12). The lowest BCUT2D eigenvalue weighted by Gasteiger charge is -2.22. The van der Waals surface area contributed by atoms with E-state index in [0.29, 0.717) is 11.8 Å². The monoisotopic (exact) mass is 197 g/mol. The van der Waals surface area contributed by atoms with Gasteiger partial charge < -0.3 is 14.6 Å². The Labute approximate surface area is 82.8 Å². The van der Waals surface area contributed by atoms with Crippen LogP contribution >= 0.6 is 0 Å². The summed E-state index contributed by atoms with van der Waals surface area (Å²) in [6.07, 6.45) is 3.82. The summed E-state index contributed by atoms with van der Waals surface area (Å²) in [6, 6.07) is 0.483. The molecule has 0 spiro atoms. The molecule has 5 nitrogen and oxygen atoms in total. The van der Waals surface area contributed by atoms with Crippen LogP contribution in [-0.2, 0) is 4.74 Å². The third-order valence-electron chi connectivity index (χ3n) is 2.28. The minimum atomic E-state index is 0.288. The number of aromatic nitrogens is 2. The molecule has 2 heterocycles. The molecule has 0 radical (unpaired) electrons. The molecule has 5 heteroatoms. The Morgan fingerprint density at radius 2 is 2.43 bits per heavy atom. The average Bonchev–Trinajstić information content (AvgIpc) is 2.63. The molecule has 1 saturated heterocycles. The lowest BCUT2D eigenvalue weighted by molar-refractivity contribution is 0.0244. The Morgan fingerprint density at radius 3 is 3.07 bits per heavy atom. The van der Waals surface area contributed by atoms with Crippen molar-refractivity contribution in [2.45, 2.75) is 32.3 Å². The van der Waals surface area contributed by atoms with Gasteiger partial charge in [-0.15, -0.1) is 0 Å². The Kier molecular flexibility index (Phi) is 2.98. The summed E-state index contributed by atoms with van der Waals surface area (Å²) in [5.41, 5.74) is 0. The van der Waals surface area contributed by atoms with Gasteiger partial charge in [-0.05, 0) is 26.2 Å². The molecule has 0 aliphatic carbocycles. The fraction of sp³-hybridized carbons (Fsp3) is 0.778. The zero-order valence-corrected chi connectivity index (χ0v) is 8.32. The molecule has 1 aromatic rings. The second-order valence-electron chi connectivity index (χ2n) is 3.52. The van der Waals surface area contributed by atoms with Crippen LogP contribution < -0.4 is 5.32 Å². The molecule has 0 saturated carbocycles. The summed E-state index contributed by atoms with van der Waals surface area (Å²) in [5.74, 6) is 0.650. The van der Waals surface area contributed by atoms with E-state index in [1.54, 1.807) is 6.92 Å². The molecule has 0 bridgehead atoms. The van der Waals surface area contributed by atoms with Gasteiger partial charge in [0.1, 0.15) is 0 Å². The lowest BCUT2D eigenvalue weighted by Crippen LogP contribution is -2.27. The summed E-state index contributed by atoms with van der Waals surface area (Å²) < 4.78 is 10.5. The maximum absolute atomic E-state index is 5.55. The van der Waals surface area contributed by atoms with Crippen LogP contribution in [-0.4, -0.2) is 29.4 Å². The molecule has 1 fully saturated rings. The zero-order valence-electron chi connectivity index (χ0n) is 8.32. The molecule has 78 valence electrons. The van der Waals surface area contributed by atoms with Crippen LogP contribution in [0.15, 0.2) is 4.52 Å². The predicted octanol–water partition coefficient (Wildman–Crippen LogP) is 1.36. The van der Waals surface area contributed by atoms with Crippen molar-refractivity contribution in [2.75, 3.05) is 18.5 Å². The average molecular weight is 197 g/mol. The van der Waals surface area contributed by atoms with E-state index in [2.05, 4.69) is 15.5 Å². The molecular formula is C9H15N3O2. The number of aryl methyl sites for hydroxylation is 1. The van der Waals surface area contributed by atoms with Crippen molar-refractivity contribution in [3.8, 4) is 0 Å². The Bertz CT molecular complexity index is 281. The summed E-state index contributed by atoms with van der Waals surface area (Å²) in [4.78, 5) is 4.05. The quantitative estimate of drug-likeness (QED) is 0.792. The summed E-state index contributed by atoms with van der Waals surface area (Å²) >= 11 is 0. The maximum atomic E-state index is 5.55. The van der Waals surface area contributed by atoms with Crippen LogP contribution in [0, 0.1) is 6.92 Å². The highest BCUT2D eigenvalue weighted by atomic mass is 16.5. The van der Waals surface area contributed by atoms with Crippen LogP contribution in [0.3, 0.4) is 0 Å². The van der Waals surface area contributed by atoms with Crippen molar-refractivity contribution in [3.05, 3.63) is 5.82 Å². The predicted molar refractivity (Wildman–Crippen MR) is 51.1 cm³/mol. The van der Waals surface area contributed by atoms with Crippen LogP contribution in [0.2, 0.25) is 0 Å². The molecule has 2 rings (SSSR count). The molecule has 1 aliphatic rings. The zero-order chi connectivity index (χ0) is 9.80. The number of hydrogen-bond donors (Lipinski definition) is 1. The Balaban J connectivity index is 1.76. The van der Waals surface area contributed by atoms with Crippen molar-refractivity contribution >= 4 is 6.01 Å². The summed E-state index contributed by atoms with van der Waals surface area (Å²) in [7, 11) is 0. The second-order valence-corrected chi connectivity index (χ2v) is 3.52. The van der Waals surface area contributed by atoms with Gasteiger partial charge in [0.2, 0.25) is 0 Å². The third-order valence-corrected chi connectivity index (χ3v) is 2.28. The van der Waals surface area contributed by atoms with Gasteiger partial charge in [-0.25, -0.2) is 0 Å². The molecular weight excluding hydrogens is 182 g/mol. The fourth-order valence-corrected chi connectivity index (χ4v) is 1.54. The van der Waals surface area contributed by atoms with E-state index < -0.39 is 0 Å². The topological polar surface area (TPSA) is 60.2 Å². The van der Waals surface area contributed by atoms with Crippen LogP contribution in [0.25, 0.3) is 0 Å². The first-order valence-corrected chi connectivity index (χ1v) is 5.00. The number of nitrogens with one attached hydrogen (secondary N) is 1. The minimum Gasteiger partial charge on any atom is -0.376 e. The van der Waals surface area contributed by atoms with Gasteiger partial charge in [0.05, 0.1) is 6.10 Å². The first kappa shape index (κ1) is 9.45. The van der Waals surface area contributed by atoms with Crippen molar-refractivity contribution in [1.82, 2.24) is 10.1 Å². The Morgan fingerprint density at radius 1 is 1.50 bits per heavy atom. The first-order valence-electron chi connectivity index (χ1n) is 5.00. The van der Waals surface area contributed by atoms with Gasteiger partial charge in [0, 0.05) is 13.2 Å². The molecule has 0 aromatic carbocycles. The highest BCUT2D eigenvalue weighted by molar-refractivity contribution is 5.17. The molecule has 1 N–H and O–H groups in total. The number of ether oxygens (including phenoxy) is 1. The fourth-order valence-electron chi connectivity index (χ4n) is 1.54. The summed E-state index contributed by atoms with van der Waals surface area (Å²) in [6.45, 7) is 3.42. The molecule has 14 heavy (non-hydrogen) atoms. The minimum absolute atomic E-state index is 0.288. The van der Waals surface area contributed by atoms with Gasteiger partial charge in [0.15, 0.2) is 5.82 Å². The normalized spacial score (nSPS) is 22.2. The highest BCUT2D eigenvalue weighted by Gasteiger charge is 2.14. The van der Waals surface area contributed by atoms with E-state index in [9.17, 15) is 0 Å². The Hall–Kier alpha value is -1.10. The van der Waals surface area contributed by atoms with Crippen LogP contribution in [0.1, 0.15) is 25.1 Å². The van der Waals surface area contributed by atoms with Crippen molar-refractivity contribution in [2.24, 2.45) is 0 Å². The molecule has 0 amide bonds. The van der Waals surface area contributed by atoms with Crippen molar-refractivity contribution < 1.29 is 9.26 Å². The first-order chi connectivity index (χ1) is 6.84. The number of hydrogen-bond acceptors (Lipinski definition) is 5. The van der Waals surface area contributed by atoms with Crippen LogP contribution in [0.5, 0.6) is 0 Å². The van der Waals surface area contributed by atoms with E-state index in [1.807, 2.05) is 0 Å². The van der Waals surface area contributed by atoms with E-state index in [-0.39, 0.29) is 6.10 Å².